The molecule has 9 nitrogen and oxygen atoms in total. The van der Waals surface area contributed by atoms with Crippen molar-refractivity contribution in [2.24, 2.45) is 0 Å². The van der Waals surface area contributed by atoms with Crippen LogP contribution in [0.15, 0.2) is 54.6 Å². The number of alkyl carbamates (subject to hydrolysis) is 1. The molecule has 2 rings (SSSR count). The van der Waals surface area contributed by atoms with Crippen LogP contribution >= 0.6 is 0 Å². The largest absolute Gasteiger partial charge is 0.481 e. The first-order valence-electron chi connectivity index (χ1n) is 10.0. The normalized spacial score (nSPS) is 12.3. The molecule has 2 aromatic rings. The van der Waals surface area contributed by atoms with Crippen LogP contribution in [-0.2, 0) is 32.1 Å². The number of hydrogen-bond donors (Lipinski definition) is 4. The van der Waals surface area contributed by atoms with Gasteiger partial charge in [0.05, 0.1) is 0 Å². The molecular weight excluding hydrogens is 416 g/mol. The summed E-state index contributed by atoms with van der Waals surface area (Å²) >= 11 is 0. The molecule has 0 spiro atoms. The molecule has 0 aliphatic heterocycles. The standard InChI is InChI=1S/C23H26N2O7/c1-15-7-9-16(10-8-15)13-19(22(29)30)24-21(28)18(11-12-20(26)27)25-23(31)32-14-17-5-3-2-4-6-17/h2-10,18-19H,11-14H2,1H3,(H,24,28)(H,25,31)(H,26,27)(H,29,30)/t18?,19-/m0/s1. The van der Waals surface area contributed by atoms with E-state index in [2.05, 4.69) is 10.6 Å². The van der Waals surface area contributed by atoms with Crippen molar-refractivity contribution in [3.8, 4) is 0 Å². The zero-order chi connectivity index (χ0) is 23.5. The summed E-state index contributed by atoms with van der Waals surface area (Å²) in [6, 6.07) is 13.5. The summed E-state index contributed by atoms with van der Waals surface area (Å²) in [5.74, 6) is -3.21. The minimum absolute atomic E-state index is 0.0332. The third kappa shape index (κ3) is 8.47. The van der Waals surface area contributed by atoms with Crippen molar-refractivity contribution in [1.82, 2.24) is 10.6 Å². The summed E-state index contributed by atoms with van der Waals surface area (Å²) < 4.78 is 5.08. The van der Waals surface area contributed by atoms with E-state index in [9.17, 15) is 24.3 Å². The van der Waals surface area contributed by atoms with Gasteiger partial charge in [-0.05, 0) is 24.5 Å². The van der Waals surface area contributed by atoms with Crippen molar-refractivity contribution in [1.29, 1.82) is 0 Å². The van der Waals surface area contributed by atoms with Gasteiger partial charge in [-0.1, -0.05) is 60.2 Å². The Kier molecular flexibility index (Phi) is 9.22. The van der Waals surface area contributed by atoms with Crippen LogP contribution < -0.4 is 10.6 Å². The van der Waals surface area contributed by atoms with E-state index in [-0.39, 0.29) is 19.4 Å². The average molecular weight is 442 g/mol. The molecule has 2 aromatic carbocycles. The molecule has 9 heteroatoms. The number of rotatable bonds is 11. The molecule has 2 amide bonds. The number of carbonyl (C=O) groups is 4. The Balaban J connectivity index is 2.01. The third-order valence-corrected chi connectivity index (χ3v) is 4.64. The van der Waals surface area contributed by atoms with E-state index < -0.39 is 42.4 Å². The van der Waals surface area contributed by atoms with Crippen molar-refractivity contribution < 1.29 is 34.1 Å². The van der Waals surface area contributed by atoms with E-state index in [4.69, 9.17) is 9.84 Å². The molecule has 0 radical (unpaired) electrons. The van der Waals surface area contributed by atoms with Crippen LogP contribution in [0.5, 0.6) is 0 Å². The molecule has 0 aliphatic rings. The quantitative estimate of drug-likeness (QED) is 0.418. The number of aliphatic carboxylic acids is 2. The predicted octanol–water partition coefficient (Wildman–Crippen LogP) is 2.27. The summed E-state index contributed by atoms with van der Waals surface area (Å²) in [4.78, 5) is 47.4. The smallest absolute Gasteiger partial charge is 0.408 e. The van der Waals surface area contributed by atoms with Crippen molar-refractivity contribution in [2.45, 2.75) is 44.9 Å². The van der Waals surface area contributed by atoms with Crippen LogP contribution in [-0.4, -0.2) is 46.2 Å². The minimum Gasteiger partial charge on any atom is -0.481 e. The number of ether oxygens (including phenoxy) is 1. The first-order valence-corrected chi connectivity index (χ1v) is 10.0. The Bertz CT molecular complexity index is 929. The lowest BCUT2D eigenvalue weighted by molar-refractivity contribution is -0.142. The lowest BCUT2D eigenvalue weighted by Crippen LogP contribution is -2.52. The van der Waals surface area contributed by atoms with Crippen LogP contribution in [0.1, 0.15) is 29.5 Å². The van der Waals surface area contributed by atoms with Gasteiger partial charge >= 0.3 is 18.0 Å². The van der Waals surface area contributed by atoms with E-state index in [0.29, 0.717) is 5.56 Å². The summed E-state index contributed by atoms with van der Waals surface area (Å²) in [6.07, 6.45) is -1.50. The van der Waals surface area contributed by atoms with Gasteiger partial charge in [-0.3, -0.25) is 9.59 Å². The van der Waals surface area contributed by atoms with Gasteiger partial charge in [0, 0.05) is 12.8 Å². The average Bonchev–Trinajstić information content (AvgIpc) is 2.76. The van der Waals surface area contributed by atoms with Crippen LogP contribution in [0.25, 0.3) is 0 Å². The number of carbonyl (C=O) groups excluding carboxylic acids is 2. The van der Waals surface area contributed by atoms with Gasteiger partial charge in [0.2, 0.25) is 5.91 Å². The summed E-state index contributed by atoms with van der Waals surface area (Å²) in [5, 5.41) is 23.2. The molecule has 4 N–H and O–H groups in total. The maximum Gasteiger partial charge on any atom is 0.408 e. The predicted molar refractivity (Wildman–Crippen MR) is 115 cm³/mol. The second-order valence-corrected chi connectivity index (χ2v) is 7.28. The van der Waals surface area contributed by atoms with Crippen molar-refractivity contribution >= 4 is 23.9 Å². The molecule has 0 aliphatic carbocycles. The number of hydrogen-bond acceptors (Lipinski definition) is 5. The maximum atomic E-state index is 12.7. The van der Waals surface area contributed by atoms with Crippen molar-refractivity contribution in [2.75, 3.05) is 0 Å². The molecule has 0 bridgehead atoms. The molecular formula is C23H26N2O7. The van der Waals surface area contributed by atoms with E-state index in [1.165, 1.54) is 0 Å². The molecule has 0 aromatic heterocycles. The van der Waals surface area contributed by atoms with Crippen LogP contribution in [0.4, 0.5) is 4.79 Å². The number of carboxylic acid groups (broad SMARTS) is 2. The Morgan fingerprint density at radius 2 is 1.53 bits per heavy atom. The Morgan fingerprint density at radius 3 is 2.12 bits per heavy atom. The molecule has 1 unspecified atom stereocenters. The monoisotopic (exact) mass is 442 g/mol. The minimum atomic E-state index is -1.27. The molecule has 170 valence electrons. The summed E-state index contributed by atoms with van der Waals surface area (Å²) in [6.45, 7) is 1.86. The van der Waals surface area contributed by atoms with Gasteiger partial charge in [-0.25, -0.2) is 9.59 Å². The number of amides is 2. The molecule has 0 saturated carbocycles. The van der Waals surface area contributed by atoms with E-state index in [1.54, 1.807) is 36.4 Å². The highest BCUT2D eigenvalue weighted by molar-refractivity contribution is 5.89. The van der Waals surface area contributed by atoms with Gasteiger partial charge in [0.15, 0.2) is 0 Å². The van der Waals surface area contributed by atoms with Crippen LogP contribution in [0.3, 0.4) is 0 Å². The molecule has 0 saturated heterocycles. The second kappa shape index (κ2) is 12.1. The van der Waals surface area contributed by atoms with Gasteiger partial charge in [-0.15, -0.1) is 0 Å². The third-order valence-electron chi connectivity index (χ3n) is 4.64. The Hall–Kier alpha value is -3.88. The van der Waals surface area contributed by atoms with Gasteiger partial charge in [0.25, 0.3) is 0 Å². The number of nitrogens with one attached hydrogen (secondary N) is 2. The zero-order valence-electron chi connectivity index (χ0n) is 17.6. The second-order valence-electron chi connectivity index (χ2n) is 7.28. The van der Waals surface area contributed by atoms with E-state index in [0.717, 1.165) is 11.1 Å². The highest BCUT2D eigenvalue weighted by Crippen LogP contribution is 2.08. The number of aryl methyl sites for hydroxylation is 1. The van der Waals surface area contributed by atoms with Crippen molar-refractivity contribution in [3.05, 3.63) is 71.3 Å². The summed E-state index contributed by atoms with van der Waals surface area (Å²) in [5.41, 5.74) is 2.45. The topological polar surface area (TPSA) is 142 Å². The first kappa shape index (κ1) is 24.4. The van der Waals surface area contributed by atoms with E-state index >= 15 is 0 Å². The van der Waals surface area contributed by atoms with E-state index in [1.807, 2.05) is 25.1 Å². The van der Waals surface area contributed by atoms with Gasteiger partial charge in [0.1, 0.15) is 18.7 Å². The van der Waals surface area contributed by atoms with Crippen molar-refractivity contribution in [3.63, 3.8) is 0 Å². The lowest BCUT2D eigenvalue weighted by Gasteiger charge is -2.21. The fourth-order valence-corrected chi connectivity index (χ4v) is 2.88. The maximum absolute atomic E-state index is 12.7. The fraction of sp³-hybridized carbons (Fsp3) is 0.304. The summed E-state index contributed by atoms with van der Waals surface area (Å²) in [7, 11) is 0. The molecule has 0 heterocycles. The highest BCUT2D eigenvalue weighted by Gasteiger charge is 2.27. The molecule has 0 fully saturated rings. The Labute approximate surface area is 185 Å². The Morgan fingerprint density at radius 1 is 0.875 bits per heavy atom. The number of carboxylic acids is 2. The number of benzene rings is 2. The zero-order valence-corrected chi connectivity index (χ0v) is 17.6. The highest BCUT2D eigenvalue weighted by atomic mass is 16.5. The van der Waals surface area contributed by atoms with Gasteiger partial charge in [-0.2, -0.15) is 0 Å². The molecule has 2 atom stereocenters. The first-order chi connectivity index (χ1) is 15.2. The lowest BCUT2D eigenvalue weighted by atomic mass is 10.0. The van der Waals surface area contributed by atoms with Gasteiger partial charge < -0.3 is 25.6 Å². The van der Waals surface area contributed by atoms with Crippen LogP contribution in [0, 0.1) is 6.92 Å². The SMILES string of the molecule is Cc1ccc(C[C@H](NC(=O)C(CCC(=O)O)NC(=O)OCc2ccccc2)C(=O)O)cc1. The fourth-order valence-electron chi connectivity index (χ4n) is 2.88. The van der Waals surface area contributed by atoms with Crippen LogP contribution in [0.2, 0.25) is 0 Å². The molecule has 32 heavy (non-hydrogen) atoms.